The summed E-state index contributed by atoms with van der Waals surface area (Å²) in [5, 5.41) is 20.1. The minimum Gasteiger partial charge on any atom is -0.391 e. The average Bonchev–Trinajstić information content (AvgIpc) is 3.77. The molecule has 4 fully saturated rings. The van der Waals surface area contributed by atoms with Gasteiger partial charge >= 0.3 is 0 Å². The van der Waals surface area contributed by atoms with Gasteiger partial charge in [-0.05, 0) is 35.4 Å². The van der Waals surface area contributed by atoms with E-state index in [9.17, 15) is 29.4 Å². The first-order valence-electron chi connectivity index (χ1n) is 14.9. The summed E-state index contributed by atoms with van der Waals surface area (Å²) in [6, 6.07) is 36.2. The smallest absolute Gasteiger partial charge is 0.248 e. The van der Waals surface area contributed by atoms with E-state index in [4.69, 9.17) is 0 Å². The summed E-state index contributed by atoms with van der Waals surface area (Å²) in [4.78, 5) is 54.8. The number of para-hydroxylation sites is 2. The lowest BCUT2D eigenvalue weighted by Crippen LogP contribution is -2.48. The van der Waals surface area contributed by atoms with Crippen molar-refractivity contribution >= 4 is 58.5 Å². The maximum atomic E-state index is 13.3. The number of aliphatic hydroxyl groups is 2. The first-order chi connectivity index (χ1) is 22.3. The fourth-order valence-electron chi connectivity index (χ4n) is 7.10. The Balaban J connectivity index is 0.000000147. The largest absolute Gasteiger partial charge is 0.391 e. The van der Waals surface area contributed by atoms with Crippen LogP contribution in [0.3, 0.4) is 0 Å². The van der Waals surface area contributed by atoms with Gasteiger partial charge in [-0.1, -0.05) is 97.1 Å². The van der Waals surface area contributed by atoms with Gasteiger partial charge in [0, 0.05) is 11.5 Å². The monoisotopic (exact) mass is 650 g/mol. The van der Waals surface area contributed by atoms with E-state index < -0.39 is 33.5 Å². The maximum Gasteiger partial charge on any atom is 0.248 e. The second-order valence-electron chi connectivity index (χ2n) is 11.6. The van der Waals surface area contributed by atoms with Crippen molar-refractivity contribution in [2.75, 3.05) is 21.3 Å². The lowest BCUT2D eigenvalue weighted by atomic mass is 9.74. The van der Waals surface area contributed by atoms with Crippen LogP contribution in [-0.4, -0.2) is 68.1 Å². The Hall–Kier alpha value is -4.22. The molecule has 0 spiro atoms. The number of benzene rings is 4. The topological polar surface area (TPSA) is 115 Å². The van der Waals surface area contributed by atoms with Gasteiger partial charge in [0.15, 0.2) is 0 Å². The molecular formula is C36H30N2O6S2. The molecular weight excluding hydrogens is 621 g/mol. The lowest BCUT2D eigenvalue weighted by Gasteiger charge is -2.29. The fraction of sp³-hybridized carbons (Fsp3) is 0.222. The third kappa shape index (κ3) is 4.31. The second-order valence-corrected chi connectivity index (χ2v) is 13.8. The van der Waals surface area contributed by atoms with Crippen LogP contribution in [0.25, 0.3) is 0 Å². The fourth-order valence-corrected chi connectivity index (χ4v) is 10.2. The van der Waals surface area contributed by atoms with Gasteiger partial charge in [0.2, 0.25) is 23.6 Å². The molecule has 4 saturated heterocycles. The summed E-state index contributed by atoms with van der Waals surface area (Å²) in [7, 11) is 0. The summed E-state index contributed by atoms with van der Waals surface area (Å²) in [6.07, 6.45) is -1.74. The molecule has 0 radical (unpaired) electrons. The summed E-state index contributed by atoms with van der Waals surface area (Å²) in [6.45, 7) is 0. The Bertz CT molecular complexity index is 1660. The number of imide groups is 2. The van der Waals surface area contributed by atoms with E-state index in [2.05, 4.69) is 0 Å². The third-order valence-corrected chi connectivity index (χ3v) is 12.1. The van der Waals surface area contributed by atoms with Crippen LogP contribution in [0.2, 0.25) is 0 Å². The standard InChI is InChI=1S/2C18H15NO3S/c2*20-14-11-23-15-16(21)19(13-9-5-2-6-10-13)17(22)18(14,15)12-7-3-1-4-8-12/h2*1-10,14-15,20H,11H2/t2*14-,15-,18-/m10/s1. The van der Waals surface area contributed by atoms with Crippen molar-refractivity contribution in [1.29, 1.82) is 0 Å². The normalized spacial score (nSPS) is 29.9. The molecule has 6 atom stereocenters. The van der Waals surface area contributed by atoms with Gasteiger partial charge in [-0.2, -0.15) is 0 Å². The summed E-state index contributed by atoms with van der Waals surface area (Å²) < 4.78 is 0. The molecule has 0 aliphatic carbocycles. The highest BCUT2D eigenvalue weighted by atomic mass is 32.2. The predicted octanol–water partition coefficient (Wildman–Crippen LogP) is 3.95. The highest BCUT2D eigenvalue weighted by Crippen LogP contribution is 2.53. The molecule has 0 aromatic heterocycles. The number of hydrogen-bond donors (Lipinski definition) is 2. The first kappa shape index (κ1) is 30.4. The molecule has 4 aromatic rings. The van der Waals surface area contributed by atoms with Crippen LogP contribution in [0.4, 0.5) is 11.4 Å². The molecule has 8 rings (SSSR count). The first-order valence-corrected chi connectivity index (χ1v) is 17.0. The number of aliphatic hydroxyl groups excluding tert-OH is 2. The molecule has 0 saturated carbocycles. The number of thioether (sulfide) groups is 2. The summed E-state index contributed by atoms with van der Waals surface area (Å²) >= 11 is 2.73. The summed E-state index contributed by atoms with van der Waals surface area (Å²) in [5.41, 5.74) is 0.163. The van der Waals surface area contributed by atoms with Gasteiger partial charge in [0.25, 0.3) is 0 Å². The van der Waals surface area contributed by atoms with Crippen molar-refractivity contribution in [1.82, 2.24) is 0 Å². The Morgan fingerprint density at radius 3 is 1.13 bits per heavy atom. The molecule has 4 aliphatic rings. The van der Waals surface area contributed by atoms with Crippen molar-refractivity contribution in [3.05, 3.63) is 132 Å². The van der Waals surface area contributed by atoms with Gasteiger partial charge in [0.1, 0.15) is 21.3 Å². The van der Waals surface area contributed by atoms with Crippen LogP contribution in [-0.2, 0) is 30.0 Å². The van der Waals surface area contributed by atoms with E-state index in [-0.39, 0.29) is 23.6 Å². The highest BCUT2D eigenvalue weighted by Gasteiger charge is 2.69. The lowest BCUT2D eigenvalue weighted by molar-refractivity contribution is -0.126. The zero-order chi connectivity index (χ0) is 32.1. The van der Waals surface area contributed by atoms with Crippen molar-refractivity contribution in [2.45, 2.75) is 33.5 Å². The minimum atomic E-state index is -1.18. The SMILES string of the molecule is O=C1[C@@H]2SC[C@H](O)[C@]2(c2ccccc2)C(=O)N1c1ccccc1.O=C1[C@H]2SC[C@@H](O)[C@@]2(c2ccccc2)C(=O)N1c1ccccc1. The van der Waals surface area contributed by atoms with E-state index in [0.29, 0.717) is 34.0 Å². The molecule has 232 valence electrons. The number of hydrogen-bond acceptors (Lipinski definition) is 8. The van der Waals surface area contributed by atoms with Gasteiger partial charge in [-0.15, -0.1) is 23.5 Å². The Morgan fingerprint density at radius 1 is 0.500 bits per heavy atom. The quantitative estimate of drug-likeness (QED) is 0.320. The van der Waals surface area contributed by atoms with E-state index in [1.54, 1.807) is 48.5 Å². The zero-order valence-corrected chi connectivity index (χ0v) is 26.1. The number of nitrogens with zero attached hydrogens (tertiary/aromatic N) is 2. The minimum absolute atomic E-state index is 0.244. The molecule has 46 heavy (non-hydrogen) atoms. The highest BCUT2D eigenvalue weighted by molar-refractivity contribution is 8.01. The van der Waals surface area contributed by atoms with Crippen LogP contribution in [0.1, 0.15) is 11.1 Å². The number of carbonyl (C=O) groups excluding carboxylic acids is 4. The van der Waals surface area contributed by atoms with Crippen LogP contribution >= 0.6 is 23.5 Å². The van der Waals surface area contributed by atoms with Crippen LogP contribution in [0.5, 0.6) is 0 Å². The molecule has 0 unspecified atom stereocenters. The van der Waals surface area contributed by atoms with E-state index in [0.717, 1.165) is 0 Å². The van der Waals surface area contributed by atoms with Crippen molar-refractivity contribution in [2.24, 2.45) is 0 Å². The number of anilines is 2. The van der Waals surface area contributed by atoms with Crippen LogP contribution < -0.4 is 9.80 Å². The van der Waals surface area contributed by atoms with Gasteiger partial charge < -0.3 is 10.2 Å². The van der Waals surface area contributed by atoms with Crippen molar-refractivity contribution in [3.63, 3.8) is 0 Å². The predicted molar refractivity (Wildman–Crippen MR) is 179 cm³/mol. The van der Waals surface area contributed by atoms with E-state index in [1.165, 1.54) is 33.3 Å². The van der Waals surface area contributed by atoms with Crippen molar-refractivity contribution < 1.29 is 29.4 Å². The van der Waals surface area contributed by atoms with E-state index in [1.807, 2.05) is 72.8 Å². The van der Waals surface area contributed by atoms with Crippen molar-refractivity contribution in [3.8, 4) is 0 Å². The molecule has 2 N–H and O–H groups in total. The third-order valence-electron chi connectivity index (χ3n) is 9.25. The average molecular weight is 651 g/mol. The molecule has 4 aromatic carbocycles. The Kier molecular flexibility index (Phi) is 7.84. The zero-order valence-electron chi connectivity index (χ0n) is 24.5. The Labute approximate surface area is 274 Å². The molecule has 4 amide bonds. The number of rotatable bonds is 4. The number of amides is 4. The van der Waals surface area contributed by atoms with Crippen LogP contribution in [0.15, 0.2) is 121 Å². The Morgan fingerprint density at radius 2 is 0.804 bits per heavy atom. The molecule has 4 heterocycles. The molecule has 0 bridgehead atoms. The molecule has 4 aliphatic heterocycles. The van der Waals surface area contributed by atoms with Gasteiger partial charge in [0.05, 0.1) is 23.6 Å². The molecule has 8 nitrogen and oxygen atoms in total. The summed E-state index contributed by atoms with van der Waals surface area (Å²) in [5.74, 6) is -0.373. The maximum absolute atomic E-state index is 13.3. The van der Waals surface area contributed by atoms with Gasteiger partial charge in [-0.3, -0.25) is 19.2 Å². The second kappa shape index (κ2) is 11.9. The number of carbonyl (C=O) groups is 4. The van der Waals surface area contributed by atoms with E-state index >= 15 is 0 Å². The molecule has 10 heteroatoms. The number of fused-ring (bicyclic) bond motifs is 2. The van der Waals surface area contributed by atoms with Gasteiger partial charge in [-0.25, -0.2) is 9.80 Å². The van der Waals surface area contributed by atoms with Crippen LogP contribution in [0, 0.1) is 0 Å².